The lowest BCUT2D eigenvalue weighted by atomic mass is 10.1. The van der Waals surface area contributed by atoms with Gasteiger partial charge < -0.3 is 4.58 Å². The van der Waals surface area contributed by atoms with E-state index in [2.05, 4.69) is 46.2 Å². The van der Waals surface area contributed by atoms with Gasteiger partial charge in [-0.25, -0.2) is 0 Å². The van der Waals surface area contributed by atoms with Crippen molar-refractivity contribution in [1.82, 2.24) is 0 Å². The molecule has 0 fully saturated rings. The number of hydrogen-bond acceptors (Lipinski definition) is 0. The molecule has 0 amide bonds. The van der Waals surface area contributed by atoms with Crippen molar-refractivity contribution in [2.45, 2.75) is 34.6 Å². The summed E-state index contributed by atoms with van der Waals surface area (Å²) in [5.41, 5.74) is 1.43. The van der Waals surface area contributed by atoms with Crippen LogP contribution < -0.4 is 0 Å². The summed E-state index contributed by atoms with van der Waals surface area (Å²) in [6.45, 7) is 10.9. The maximum Gasteiger partial charge on any atom is 0.105 e. The highest BCUT2D eigenvalue weighted by molar-refractivity contribution is 5.79. The molecule has 0 rings (SSSR count). The molecule has 0 aromatic carbocycles. The molecule has 0 aliphatic carbocycles. The van der Waals surface area contributed by atoms with E-state index in [-0.39, 0.29) is 0 Å². The van der Waals surface area contributed by atoms with Gasteiger partial charge in [0.25, 0.3) is 0 Å². The monoisotopic (exact) mass is 141 g/mol. The normalized spacial score (nSPS) is 13.5. The van der Waals surface area contributed by atoms with Crippen molar-refractivity contribution in [3.05, 3.63) is 6.04 Å². The molecule has 1 nitrogen and oxygen atoms in total. The maximum absolute atomic E-state index is 2.24. The van der Waals surface area contributed by atoms with Gasteiger partial charge in [0.2, 0.25) is 0 Å². The van der Waals surface area contributed by atoms with E-state index in [1.165, 1.54) is 11.8 Å². The predicted octanol–water partition coefficient (Wildman–Crippen LogP) is 2.32. The molecule has 0 saturated carbocycles. The van der Waals surface area contributed by atoms with Gasteiger partial charge >= 0.3 is 0 Å². The van der Waals surface area contributed by atoms with Crippen LogP contribution in [0.3, 0.4) is 0 Å². The highest BCUT2D eigenvalue weighted by Gasteiger charge is 2.01. The SMILES string of the molecule is CC(C(C)C)=[N+](C)[C-](C)C. The summed E-state index contributed by atoms with van der Waals surface area (Å²) >= 11 is 0. The average molecular weight is 141 g/mol. The maximum atomic E-state index is 2.24. The third-order valence-corrected chi connectivity index (χ3v) is 2.04. The fourth-order valence-electron chi connectivity index (χ4n) is 0.740. The quantitative estimate of drug-likeness (QED) is 0.315. The molecule has 0 heterocycles. The first kappa shape index (κ1) is 9.54. The zero-order valence-corrected chi connectivity index (χ0v) is 8.02. The van der Waals surface area contributed by atoms with E-state index in [1.807, 2.05) is 0 Å². The molecule has 0 aromatic rings. The van der Waals surface area contributed by atoms with Crippen molar-refractivity contribution in [3.63, 3.8) is 0 Å². The van der Waals surface area contributed by atoms with E-state index in [9.17, 15) is 0 Å². The number of nitrogens with zero attached hydrogens (tertiary/aromatic N) is 1. The molecule has 0 atom stereocenters. The Morgan fingerprint density at radius 1 is 1.30 bits per heavy atom. The van der Waals surface area contributed by atoms with Crippen molar-refractivity contribution in [2.75, 3.05) is 7.05 Å². The fourth-order valence-corrected chi connectivity index (χ4v) is 0.740. The lowest BCUT2D eigenvalue weighted by molar-refractivity contribution is -0.482. The third-order valence-electron chi connectivity index (χ3n) is 2.04. The lowest BCUT2D eigenvalue weighted by Gasteiger charge is -2.18. The first-order chi connectivity index (χ1) is 4.46. The molecule has 0 aromatic heterocycles. The van der Waals surface area contributed by atoms with Gasteiger partial charge in [-0.15, -0.1) is 0 Å². The summed E-state index contributed by atoms with van der Waals surface area (Å²) in [5, 5.41) is 0. The Morgan fingerprint density at radius 2 is 1.70 bits per heavy atom. The van der Waals surface area contributed by atoms with E-state index in [0.29, 0.717) is 5.92 Å². The molecule has 1 heteroatoms. The Kier molecular flexibility index (Phi) is 3.48. The molecule has 0 N–H and O–H groups in total. The van der Waals surface area contributed by atoms with E-state index < -0.39 is 0 Å². The third kappa shape index (κ3) is 2.42. The molecule has 0 bridgehead atoms. The van der Waals surface area contributed by atoms with Gasteiger partial charge in [-0.3, -0.25) is 0 Å². The minimum atomic E-state index is 0.653. The van der Waals surface area contributed by atoms with Crippen LogP contribution in [0.5, 0.6) is 0 Å². The zero-order valence-electron chi connectivity index (χ0n) is 8.02. The Morgan fingerprint density at radius 3 is 1.80 bits per heavy atom. The van der Waals surface area contributed by atoms with Crippen LogP contribution in [0.25, 0.3) is 0 Å². The highest BCUT2D eigenvalue weighted by Crippen LogP contribution is 2.02. The van der Waals surface area contributed by atoms with E-state index in [1.54, 1.807) is 0 Å². The standard InChI is InChI=1S/C9H19N/c1-7(2)9(5)10(6)8(3)4/h7H,1-6H3. The summed E-state index contributed by atoms with van der Waals surface area (Å²) in [6, 6.07) is 1.35. The highest BCUT2D eigenvalue weighted by atomic mass is 15.0. The fraction of sp³-hybridized carbons (Fsp3) is 0.778. The molecular formula is C9H19N. The van der Waals surface area contributed by atoms with Crippen molar-refractivity contribution >= 4 is 5.71 Å². The molecule has 0 saturated heterocycles. The number of hydrogen-bond donors (Lipinski definition) is 0. The van der Waals surface area contributed by atoms with Crippen molar-refractivity contribution < 1.29 is 4.58 Å². The van der Waals surface area contributed by atoms with Crippen LogP contribution in [-0.4, -0.2) is 17.3 Å². The first-order valence-electron chi connectivity index (χ1n) is 3.84. The Labute approximate surface area is 64.8 Å². The van der Waals surface area contributed by atoms with Gasteiger partial charge in [0.05, 0.1) is 0 Å². The van der Waals surface area contributed by atoms with Gasteiger partial charge in [0.1, 0.15) is 7.05 Å². The van der Waals surface area contributed by atoms with Crippen LogP contribution in [0.4, 0.5) is 0 Å². The van der Waals surface area contributed by atoms with Gasteiger partial charge in [-0.2, -0.15) is 0 Å². The van der Waals surface area contributed by atoms with Gasteiger partial charge in [-0.05, 0) is 5.92 Å². The van der Waals surface area contributed by atoms with E-state index in [4.69, 9.17) is 0 Å². The Balaban J connectivity index is 4.34. The van der Waals surface area contributed by atoms with Crippen LogP contribution in [0.15, 0.2) is 0 Å². The summed E-state index contributed by atoms with van der Waals surface area (Å²) in [7, 11) is 2.12. The second-order valence-corrected chi connectivity index (χ2v) is 3.30. The van der Waals surface area contributed by atoms with Crippen LogP contribution in [0.2, 0.25) is 0 Å². The largest absolute Gasteiger partial charge is 0.367 e. The second-order valence-electron chi connectivity index (χ2n) is 3.30. The Bertz CT molecular complexity index is 116. The summed E-state index contributed by atoms with van der Waals surface area (Å²) in [5.74, 6) is 0.653. The first-order valence-corrected chi connectivity index (χ1v) is 3.84. The lowest BCUT2D eigenvalue weighted by Crippen LogP contribution is -2.20. The van der Waals surface area contributed by atoms with Gasteiger partial charge in [0.15, 0.2) is 0 Å². The minimum absolute atomic E-state index is 0.653. The summed E-state index contributed by atoms with van der Waals surface area (Å²) in [4.78, 5) is 0. The topological polar surface area (TPSA) is 3.01 Å². The molecule has 0 radical (unpaired) electrons. The van der Waals surface area contributed by atoms with Gasteiger partial charge in [0, 0.05) is 11.8 Å². The van der Waals surface area contributed by atoms with E-state index >= 15 is 0 Å². The molecule has 0 unspecified atom stereocenters. The van der Waals surface area contributed by atoms with Crippen molar-refractivity contribution in [2.24, 2.45) is 5.92 Å². The molecule has 0 aliphatic heterocycles. The molecule has 10 heavy (non-hydrogen) atoms. The molecule has 0 aliphatic rings. The van der Waals surface area contributed by atoms with Crippen LogP contribution in [-0.2, 0) is 0 Å². The van der Waals surface area contributed by atoms with Crippen molar-refractivity contribution in [3.8, 4) is 0 Å². The second kappa shape index (κ2) is 3.65. The predicted molar refractivity (Wildman–Crippen MR) is 46.3 cm³/mol. The molecule has 60 valence electrons. The Hall–Kier alpha value is -0.460. The molecular weight excluding hydrogens is 122 g/mol. The van der Waals surface area contributed by atoms with Crippen LogP contribution in [0.1, 0.15) is 34.6 Å². The zero-order chi connectivity index (χ0) is 8.31. The summed E-state index contributed by atoms with van der Waals surface area (Å²) in [6.07, 6.45) is 0. The number of rotatable bonds is 2. The van der Waals surface area contributed by atoms with Crippen molar-refractivity contribution in [1.29, 1.82) is 0 Å². The van der Waals surface area contributed by atoms with Gasteiger partial charge in [-0.1, -0.05) is 34.6 Å². The smallest absolute Gasteiger partial charge is 0.105 e. The van der Waals surface area contributed by atoms with Crippen LogP contribution >= 0.6 is 0 Å². The van der Waals surface area contributed by atoms with Crippen LogP contribution in [0, 0.1) is 12.0 Å². The minimum Gasteiger partial charge on any atom is -0.367 e. The molecule has 0 spiro atoms. The van der Waals surface area contributed by atoms with E-state index in [0.717, 1.165) is 0 Å². The average Bonchev–Trinajstić information content (AvgIpc) is 1.84. The summed E-state index contributed by atoms with van der Waals surface area (Å²) < 4.78 is 2.24.